The van der Waals surface area contributed by atoms with Crippen LogP contribution in [0.2, 0.25) is 0 Å². The molecule has 60 valence electrons. The molecule has 2 heteroatoms. The summed E-state index contributed by atoms with van der Waals surface area (Å²) in [4.78, 5) is 0. The standard InChI is InChI=1S/C8H17NS/c1-9-8-4-2-6-10-7-3-5-8/h8-9H,2-7H2,1H3. The number of thioether (sulfide) groups is 1. The summed E-state index contributed by atoms with van der Waals surface area (Å²) < 4.78 is 0. The first kappa shape index (κ1) is 8.41. The lowest BCUT2D eigenvalue weighted by Crippen LogP contribution is -2.26. The van der Waals surface area contributed by atoms with Crippen LogP contribution in [0.3, 0.4) is 0 Å². The lowest BCUT2D eigenvalue weighted by molar-refractivity contribution is 0.478. The predicted octanol–water partition coefficient (Wildman–Crippen LogP) is 1.88. The molecule has 1 saturated heterocycles. The van der Waals surface area contributed by atoms with Gasteiger partial charge in [-0.05, 0) is 44.2 Å². The van der Waals surface area contributed by atoms with E-state index >= 15 is 0 Å². The van der Waals surface area contributed by atoms with Crippen molar-refractivity contribution in [2.24, 2.45) is 0 Å². The third-order valence-electron chi connectivity index (χ3n) is 2.09. The van der Waals surface area contributed by atoms with Crippen LogP contribution in [0, 0.1) is 0 Å². The van der Waals surface area contributed by atoms with Gasteiger partial charge < -0.3 is 5.32 Å². The monoisotopic (exact) mass is 159 g/mol. The van der Waals surface area contributed by atoms with E-state index in [1.165, 1.54) is 37.2 Å². The van der Waals surface area contributed by atoms with Gasteiger partial charge in [0.05, 0.1) is 0 Å². The Hall–Kier alpha value is 0.310. The molecule has 0 atom stereocenters. The molecule has 0 bridgehead atoms. The van der Waals surface area contributed by atoms with Gasteiger partial charge in [0.2, 0.25) is 0 Å². The molecular weight excluding hydrogens is 142 g/mol. The molecule has 1 aliphatic heterocycles. The maximum atomic E-state index is 3.36. The predicted molar refractivity (Wildman–Crippen MR) is 48.6 cm³/mol. The Morgan fingerprint density at radius 3 is 2.30 bits per heavy atom. The molecule has 0 aromatic rings. The summed E-state index contributed by atoms with van der Waals surface area (Å²) >= 11 is 2.11. The topological polar surface area (TPSA) is 12.0 Å². The van der Waals surface area contributed by atoms with Crippen molar-refractivity contribution < 1.29 is 0 Å². The van der Waals surface area contributed by atoms with E-state index < -0.39 is 0 Å². The summed E-state index contributed by atoms with van der Waals surface area (Å²) in [7, 11) is 2.08. The fraction of sp³-hybridized carbons (Fsp3) is 1.00. The second-order valence-corrected chi connectivity index (χ2v) is 4.11. The van der Waals surface area contributed by atoms with Crippen molar-refractivity contribution in [3.05, 3.63) is 0 Å². The molecule has 1 rings (SSSR count). The zero-order valence-electron chi connectivity index (χ0n) is 6.73. The van der Waals surface area contributed by atoms with Gasteiger partial charge in [-0.15, -0.1) is 0 Å². The summed E-state index contributed by atoms with van der Waals surface area (Å²) in [6.07, 6.45) is 5.55. The molecule has 0 unspecified atom stereocenters. The quantitative estimate of drug-likeness (QED) is 0.627. The van der Waals surface area contributed by atoms with Crippen LogP contribution in [0.5, 0.6) is 0 Å². The first-order valence-corrected chi connectivity index (χ1v) is 5.34. The van der Waals surface area contributed by atoms with Crippen LogP contribution in [-0.2, 0) is 0 Å². The number of nitrogens with one attached hydrogen (secondary N) is 1. The summed E-state index contributed by atoms with van der Waals surface area (Å²) in [5, 5.41) is 3.36. The summed E-state index contributed by atoms with van der Waals surface area (Å²) in [5.74, 6) is 2.75. The number of hydrogen-bond donors (Lipinski definition) is 1. The van der Waals surface area contributed by atoms with Gasteiger partial charge >= 0.3 is 0 Å². The smallest absolute Gasteiger partial charge is 0.00646 e. The molecule has 1 heterocycles. The molecule has 0 amide bonds. The first-order chi connectivity index (χ1) is 4.93. The largest absolute Gasteiger partial charge is 0.317 e. The van der Waals surface area contributed by atoms with Crippen molar-refractivity contribution in [1.82, 2.24) is 5.32 Å². The first-order valence-electron chi connectivity index (χ1n) is 4.18. The maximum Gasteiger partial charge on any atom is 0.00646 e. The highest BCUT2D eigenvalue weighted by Gasteiger charge is 2.07. The number of hydrogen-bond acceptors (Lipinski definition) is 2. The Kier molecular flexibility index (Phi) is 4.23. The van der Waals surface area contributed by atoms with Crippen LogP contribution in [0.1, 0.15) is 25.7 Å². The molecule has 0 aliphatic carbocycles. The van der Waals surface area contributed by atoms with Crippen molar-refractivity contribution in [1.29, 1.82) is 0 Å². The second kappa shape index (κ2) is 5.03. The van der Waals surface area contributed by atoms with Gasteiger partial charge in [-0.25, -0.2) is 0 Å². The molecule has 1 nitrogen and oxygen atoms in total. The van der Waals surface area contributed by atoms with Crippen LogP contribution in [0.25, 0.3) is 0 Å². The highest BCUT2D eigenvalue weighted by atomic mass is 32.2. The van der Waals surface area contributed by atoms with E-state index in [1.54, 1.807) is 0 Å². The van der Waals surface area contributed by atoms with Crippen molar-refractivity contribution in [3.63, 3.8) is 0 Å². The summed E-state index contributed by atoms with van der Waals surface area (Å²) in [5.41, 5.74) is 0. The molecule has 0 saturated carbocycles. The van der Waals surface area contributed by atoms with E-state index in [0.29, 0.717) is 0 Å². The molecular formula is C8H17NS. The molecule has 1 fully saturated rings. The Bertz CT molecular complexity index is 77.3. The van der Waals surface area contributed by atoms with Crippen molar-refractivity contribution in [3.8, 4) is 0 Å². The van der Waals surface area contributed by atoms with Gasteiger partial charge in [-0.1, -0.05) is 0 Å². The Morgan fingerprint density at radius 1 is 1.20 bits per heavy atom. The number of rotatable bonds is 1. The lowest BCUT2D eigenvalue weighted by atomic mass is 10.1. The van der Waals surface area contributed by atoms with Crippen LogP contribution in [0.4, 0.5) is 0 Å². The molecule has 0 aromatic carbocycles. The zero-order valence-corrected chi connectivity index (χ0v) is 7.54. The fourth-order valence-corrected chi connectivity index (χ4v) is 2.34. The second-order valence-electron chi connectivity index (χ2n) is 2.88. The van der Waals surface area contributed by atoms with Crippen molar-refractivity contribution in [2.45, 2.75) is 31.7 Å². The fourth-order valence-electron chi connectivity index (χ4n) is 1.40. The van der Waals surface area contributed by atoms with Gasteiger partial charge in [0.1, 0.15) is 0 Å². The minimum absolute atomic E-state index is 0.806. The average molecular weight is 159 g/mol. The lowest BCUT2D eigenvalue weighted by Gasteiger charge is -2.18. The zero-order chi connectivity index (χ0) is 7.23. The van der Waals surface area contributed by atoms with E-state index in [-0.39, 0.29) is 0 Å². The van der Waals surface area contributed by atoms with Crippen LogP contribution in [-0.4, -0.2) is 24.6 Å². The molecule has 10 heavy (non-hydrogen) atoms. The van der Waals surface area contributed by atoms with E-state index in [9.17, 15) is 0 Å². The third kappa shape index (κ3) is 2.93. The molecule has 0 spiro atoms. The Morgan fingerprint density at radius 2 is 1.80 bits per heavy atom. The third-order valence-corrected chi connectivity index (χ3v) is 3.25. The normalized spacial score (nSPS) is 23.7. The van der Waals surface area contributed by atoms with Gasteiger partial charge in [-0.3, -0.25) is 0 Å². The molecule has 0 aromatic heterocycles. The van der Waals surface area contributed by atoms with Crippen LogP contribution < -0.4 is 5.32 Å². The molecule has 1 aliphatic rings. The minimum atomic E-state index is 0.806. The van der Waals surface area contributed by atoms with Crippen molar-refractivity contribution >= 4 is 11.8 Å². The highest BCUT2D eigenvalue weighted by Crippen LogP contribution is 2.16. The van der Waals surface area contributed by atoms with E-state index in [2.05, 4.69) is 24.1 Å². The minimum Gasteiger partial charge on any atom is -0.317 e. The SMILES string of the molecule is CNC1CCCSCCC1. The maximum absolute atomic E-state index is 3.36. The highest BCUT2D eigenvalue weighted by molar-refractivity contribution is 7.99. The Labute approximate surface area is 68.0 Å². The molecule has 1 N–H and O–H groups in total. The van der Waals surface area contributed by atoms with Gasteiger partial charge in [0.15, 0.2) is 0 Å². The van der Waals surface area contributed by atoms with E-state index in [4.69, 9.17) is 0 Å². The van der Waals surface area contributed by atoms with Crippen molar-refractivity contribution in [2.75, 3.05) is 18.6 Å². The van der Waals surface area contributed by atoms with Crippen LogP contribution >= 0.6 is 11.8 Å². The Balaban J connectivity index is 2.16. The van der Waals surface area contributed by atoms with E-state index in [1.807, 2.05) is 0 Å². The van der Waals surface area contributed by atoms with Crippen LogP contribution in [0.15, 0.2) is 0 Å². The van der Waals surface area contributed by atoms with Gasteiger partial charge in [0.25, 0.3) is 0 Å². The van der Waals surface area contributed by atoms with E-state index in [0.717, 1.165) is 6.04 Å². The average Bonchev–Trinajstić information content (AvgIpc) is 1.87. The summed E-state index contributed by atoms with van der Waals surface area (Å²) in [6.45, 7) is 0. The molecule has 0 radical (unpaired) electrons. The van der Waals surface area contributed by atoms with Gasteiger partial charge in [-0.2, -0.15) is 11.8 Å². The summed E-state index contributed by atoms with van der Waals surface area (Å²) in [6, 6.07) is 0.806. The van der Waals surface area contributed by atoms with Gasteiger partial charge in [0, 0.05) is 6.04 Å².